The summed E-state index contributed by atoms with van der Waals surface area (Å²) in [5.41, 5.74) is 3.79. The summed E-state index contributed by atoms with van der Waals surface area (Å²) in [6.07, 6.45) is 3.00. The fourth-order valence-corrected chi connectivity index (χ4v) is 3.67. The van der Waals surface area contributed by atoms with E-state index < -0.39 is 12.1 Å². The van der Waals surface area contributed by atoms with Crippen molar-refractivity contribution in [1.82, 2.24) is 15.6 Å². The van der Waals surface area contributed by atoms with Crippen LogP contribution in [0, 0.1) is 0 Å². The molecule has 0 aliphatic rings. The molecule has 4 N–H and O–H groups in total. The summed E-state index contributed by atoms with van der Waals surface area (Å²) in [5.74, 6) is -0.213. The third-order valence-corrected chi connectivity index (χ3v) is 5.31. The second-order valence-corrected chi connectivity index (χ2v) is 7.61. The van der Waals surface area contributed by atoms with Crippen LogP contribution in [0.3, 0.4) is 0 Å². The van der Waals surface area contributed by atoms with Crippen LogP contribution in [-0.4, -0.2) is 29.5 Å². The number of rotatable bonds is 8. The van der Waals surface area contributed by atoms with E-state index in [-0.39, 0.29) is 5.91 Å². The Bertz CT molecular complexity index is 1170. The molecule has 6 heteroatoms. The molecule has 0 saturated heterocycles. The van der Waals surface area contributed by atoms with Crippen LogP contribution >= 0.6 is 0 Å². The van der Waals surface area contributed by atoms with Crippen molar-refractivity contribution in [3.8, 4) is 0 Å². The van der Waals surface area contributed by atoms with Crippen LogP contribution in [0.15, 0.2) is 91.1 Å². The number of H-pyrrole nitrogens is 1. The largest absolute Gasteiger partial charge is 0.361 e. The first-order valence-corrected chi connectivity index (χ1v) is 10.7. The number of carbonyl (C=O) groups is 2. The third kappa shape index (κ3) is 5.55. The molecular formula is C26H26N4O2. The van der Waals surface area contributed by atoms with E-state index >= 15 is 0 Å². The molecule has 1 unspecified atom stereocenters. The minimum absolute atomic E-state index is 0.213. The Balaban J connectivity index is 1.44. The van der Waals surface area contributed by atoms with Gasteiger partial charge in [0.25, 0.3) is 0 Å². The van der Waals surface area contributed by atoms with E-state index in [0.29, 0.717) is 18.7 Å². The number of para-hydroxylation sites is 2. The molecular weight excluding hydrogens is 400 g/mol. The van der Waals surface area contributed by atoms with Gasteiger partial charge in [-0.3, -0.25) is 4.79 Å². The maximum atomic E-state index is 13.0. The molecule has 3 amide bonds. The van der Waals surface area contributed by atoms with Crippen LogP contribution in [0.4, 0.5) is 10.5 Å². The molecule has 0 aliphatic heterocycles. The number of anilines is 1. The summed E-state index contributed by atoms with van der Waals surface area (Å²) in [7, 11) is 0. The van der Waals surface area contributed by atoms with Gasteiger partial charge in [0.05, 0.1) is 0 Å². The van der Waals surface area contributed by atoms with Crippen molar-refractivity contribution >= 4 is 28.5 Å². The number of benzene rings is 3. The summed E-state index contributed by atoms with van der Waals surface area (Å²) in [6.45, 7) is 0.495. The van der Waals surface area contributed by atoms with Gasteiger partial charge in [0.1, 0.15) is 6.04 Å². The first-order valence-electron chi connectivity index (χ1n) is 10.7. The fourth-order valence-electron chi connectivity index (χ4n) is 3.67. The number of hydrogen-bond donors (Lipinski definition) is 4. The van der Waals surface area contributed by atoms with Crippen molar-refractivity contribution in [3.63, 3.8) is 0 Å². The monoisotopic (exact) mass is 426 g/mol. The van der Waals surface area contributed by atoms with Crippen LogP contribution in [-0.2, 0) is 17.6 Å². The van der Waals surface area contributed by atoms with Crippen molar-refractivity contribution < 1.29 is 9.59 Å². The molecule has 32 heavy (non-hydrogen) atoms. The van der Waals surface area contributed by atoms with Gasteiger partial charge in [-0.15, -0.1) is 0 Å². The molecule has 0 fully saturated rings. The smallest absolute Gasteiger partial charge is 0.319 e. The molecule has 4 rings (SSSR count). The van der Waals surface area contributed by atoms with Gasteiger partial charge < -0.3 is 20.9 Å². The topological polar surface area (TPSA) is 86.0 Å². The average Bonchev–Trinajstić information content (AvgIpc) is 3.23. The maximum Gasteiger partial charge on any atom is 0.319 e. The Labute approximate surface area is 187 Å². The van der Waals surface area contributed by atoms with E-state index in [2.05, 4.69) is 20.9 Å². The number of fused-ring (bicyclic) bond motifs is 1. The summed E-state index contributed by atoms with van der Waals surface area (Å²) >= 11 is 0. The highest BCUT2D eigenvalue weighted by Gasteiger charge is 2.22. The minimum atomic E-state index is -0.714. The predicted octanol–water partition coefficient (Wildman–Crippen LogP) is 4.26. The number of aromatic nitrogens is 1. The molecule has 0 bridgehead atoms. The summed E-state index contributed by atoms with van der Waals surface area (Å²) in [4.78, 5) is 28.9. The van der Waals surface area contributed by atoms with E-state index in [1.165, 1.54) is 0 Å². The molecule has 0 aliphatic carbocycles. The Morgan fingerprint density at radius 3 is 2.31 bits per heavy atom. The summed E-state index contributed by atoms with van der Waals surface area (Å²) < 4.78 is 0. The van der Waals surface area contributed by atoms with Crippen LogP contribution in [0.25, 0.3) is 10.9 Å². The highest BCUT2D eigenvalue weighted by molar-refractivity contribution is 5.94. The number of aromatic amines is 1. The Hall–Kier alpha value is -4.06. The van der Waals surface area contributed by atoms with Crippen LogP contribution in [0.5, 0.6) is 0 Å². The lowest BCUT2D eigenvalue weighted by atomic mass is 10.0. The number of urea groups is 1. The first-order chi connectivity index (χ1) is 15.7. The maximum absolute atomic E-state index is 13.0. The molecule has 1 aromatic heterocycles. The van der Waals surface area contributed by atoms with Crippen molar-refractivity contribution in [2.75, 3.05) is 11.9 Å². The van der Waals surface area contributed by atoms with Gasteiger partial charge in [0, 0.05) is 35.8 Å². The quantitative estimate of drug-likeness (QED) is 0.339. The van der Waals surface area contributed by atoms with Gasteiger partial charge in [0.2, 0.25) is 5.91 Å². The van der Waals surface area contributed by atoms with E-state index in [0.717, 1.165) is 28.5 Å². The Morgan fingerprint density at radius 2 is 1.53 bits per heavy atom. The molecule has 3 aromatic carbocycles. The second kappa shape index (κ2) is 10.3. The van der Waals surface area contributed by atoms with Crippen LogP contribution in [0.2, 0.25) is 0 Å². The lowest BCUT2D eigenvalue weighted by molar-refractivity contribution is -0.122. The van der Waals surface area contributed by atoms with Crippen molar-refractivity contribution in [3.05, 3.63) is 102 Å². The first kappa shape index (κ1) is 21.2. The van der Waals surface area contributed by atoms with Gasteiger partial charge in [-0.25, -0.2) is 4.79 Å². The average molecular weight is 427 g/mol. The predicted molar refractivity (Wildman–Crippen MR) is 128 cm³/mol. The van der Waals surface area contributed by atoms with Crippen molar-refractivity contribution in [1.29, 1.82) is 0 Å². The zero-order valence-electron chi connectivity index (χ0n) is 17.7. The molecule has 1 heterocycles. The van der Waals surface area contributed by atoms with E-state index in [9.17, 15) is 9.59 Å². The molecule has 4 aromatic rings. The minimum Gasteiger partial charge on any atom is -0.361 e. The second-order valence-electron chi connectivity index (χ2n) is 7.61. The van der Waals surface area contributed by atoms with Crippen LogP contribution < -0.4 is 16.0 Å². The standard InChI is InChI=1S/C26H26N4O2/c31-25(27-16-15-19-9-3-1-4-10-19)24(30-26(32)29-21-11-5-2-6-12-21)17-20-18-28-23-14-8-7-13-22(20)23/h1-14,18,24,28H,15-17H2,(H,27,31)(H2,29,30,32). The molecule has 0 radical (unpaired) electrons. The molecule has 1 atom stereocenters. The number of nitrogens with one attached hydrogen (secondary N) is 4. The molecule has 6 nitrogen and oxygen atoms in total. The normalized spacial score (nSPS) is 11.6. The van der Waals surface area contributed by atoms with Gasteiger partial charge in [0.15, 0.2) is 0 Å². The van der Waals surface area contributed by atoms with E-state index in [1.54, 1.807) is 12.1 Å². The summed E-state index contributed by atoms with van der Waals surface area (Å²) in [5, 5.41) is 9.64. The number of hydrogen-bond acceptors (Lipinski definition) is 2. The Kier molecular flexibility index (Phi) is 6.82. The number of amides is 3. The lowest BCUT2D eigenvalue weighted by Crippen LogP contribution is -2.49. The molecule has 0 spiro atoms. The van der Waals surface area contributed by atoms with Crippen molar-refractivity contribution in [2.45, 2.75) is 18.9 Å². The number of carbonyl (C=O) groups excluding carboxylic acids is 2. The Morgan fingerprint density at radius 1 is 0.844 bits per heavy atom. The van der Waals surface area contributed by atoms with Crippen LogP contribution in [0.1, 0.15) is 11.1 Å². The highest BCUT2D eigenvalue weighted by atomic mass is 16.2. The van der Waals surface area contributed by atoms with Gasteiger partial charge in [-0.1, -0.05) is 66.7 Å². The highest BCUT2D eigenvalue weighted by Crippen LogP contribution is 2.19. The van der Waals surface area contributed by atoms with E-state index in [1.807, 2.05) is 79.0 Å². The lowest BCUT2D eigenvalue weighted by Gasteiger charge is -2.19. The van der Waals surface area contributed by atoms with Gasteiger partial charge >= 0.3 is 6.03 Å². The summed E-state index contributed by atoms with van der Waals surface area (Å²) in [6, 6.07) is 25.9. The molecule has 162 valence electrons. The van der Waals surface area contributed by atoms with Crippen molar-refractivity contribution in [2.24, 2.45) is 0 Å². The zero-order chi connectivity index (χ0) is 22.2. The SMILES string of the molecule is O=C(Nc1ccccc1)NC(Cc1c[nH]c2ccccc12)C(=O)NCCc1ccccc1. The zero-order valence-corrected chi connectivity index (χ0v) is 17.7. The third-order valence-electron chi connectivity index (χ3n) is 5.31. The van der Waals surface area contributed by atoms with Gasteiger partial charge in [-0.2, -0.15) is 0 Å². The van der Waals surface area contributed by atoms with Gasteiger partial charge in [-0.05, 0) is 35.7 Å². The van der Waals surface area contributed by atoms with E-state index in [4.69, 9.17) is 0 Å². The molecule has 0 saturated carbocycles. The fraction of sp³-hybridized carbons (Fsp3) is 0.154.